The molecule has 0 aromatic heterocycles. The highest BCUT2D eigenvalue weighted by molar-refractivity contribution is 8.14. The molecule has 2 heterocycles. The summed E-state index contributed by atoms with van der Waals surface area (Å²) in [6.07, 6.45) is 0. The molecule has 4 nitrogen and oxygen atoms in total. The van der Waals surface area contributed by atoms with E-state index in [0.29, 0.717) is 12.4 Å². The minimum Gasteiger partial charge on any atom is -0.284 e. The number of carbonyl (C=O) groups is 1. The fourth-order valence-corrected chi connectivity index (χ4v) is 2.86. The van der Waals surface area contributed by atoms with Crippen molar-refractivity contribution in [1.82, 2.24) is 4.90 Å². The smallest absolute Gasteiger partial charge is 0.284 e. The summed E-state index contributed by atoms with van der Waals surface area (Å²) in [6, 6.07) is 9.80. The molecule has 2 aliphatic heterocycles. The zero-order chi connectivity index (χ0) is 11.0. The normalized spacial score (nSPS) is 19.8. The van der Waals surface area contributed by atoms with Gasteiger partial charge in [-0.15, -0.1) is 0 Å². The van der Waals surface area contributed by atoms with Gasteiger partial charge in [0.25, 0.3) is 0 Å². The molecule has 2 amide bonds. The summed E-state index contributed by atoms with van der Waals surface area (Å²) >= 11 is 1.62. The van der Waals surface area contributed by atoms with E-state index in [1.54, 1.807) is 21.6 Å². The molecule has 0 N–H and O–H groups in total. The van der Waals surface area contributed by atoms with Crippen molar-refractivity contribution >= 4 is 28.6 Å². The van der Waals surface area contributed by atoms with Gasteiger partial charge in [-0.2, -0.15) is 0 Å². The fourth-order valence-electron chi connectivity index (χ4n) is 1.84. The van der Waals surface area contributed by atoms with Gasteiger partial charge in [0, 0.05) is 12.2 Å². The molecule has 5 heteroatoms. The summed E-state index contributed by atoms with van der Waals surface area (Å²) in [4.78, 5) is 20.0. The Balaban J connectivity index is 1.89. The van der Waals surface area contributed by atoms with Crippen LogP contribution in [0.15, 0.2) is 35.3 Å². The van der Waals surface area contributed by atoms with Crippen LogP contribution in [0.2, 0.25) is 0 Å². The van der Waals surface area contributed by atoms with Crippen molar-refractivity contribution in [1.29, 1.82) is 0 Å². The fraction of sp³-hybridized carbons (Fsp3) is 0.273. The molecule has 0 saturated carbocycles. The lowest BCUT2D eigenvalue weighted by molar-refractivity contribution is 0.230. The Morgan fingerprint density at radius 1 is 1.19 bits per heavy atom. The number of rotatable bonds is 1. The molecule has 0 aliphatic carbocycles. The molecule has 0 unspecified atom stereocenters. The SMILES string of the molecule is O=C1N2CCN=C2SCN1c1ccccc1. The number of amides is 2. The summed E-state index contributed by atoms with van der Waals surface area (Å²) in [6.45, 7) is 1.45. The van der Waals surface area contributed by atoms with E-state index < -0.39 is 0 Å². The van der Waals surface area contributed by atoms with Crippen molar-refractivity contribution in [2.24, 2.45) is 4.99 Å². The van der Waals surface area contributed by atoms with E-state index in [2.05, 4.69) is 4.99 Å². The number of aliphatic imine (C=N–C) groups is 1. The highest BCUT2D eigenvalue weighted by atomic mass is 32.2. The number of thioether (sulfide) groups is 1. The van der Waals surface area contributed by atoms with Gasteiger partial charge in [-0.05, 0) is 12.1 Å². The van der Waals surface area contributed by atoms with Crippen LogP contribution in [0.4, 0.5) is 10.5 Å². The van der Waals surface area contributed by atoms with Crippen molar-refractivity contribution < 1.29 is 4.79 Å². The lowest BCUT2D eigenvalue weighted by atomic mass is 10.3. The summed E-state index contributed by atoms with van der Waals surface area (Å²) in [7, 11) is 0. The highest BCUT2D eigenvalue weighted by Gasteiger charge is 2.33. The van der Waals surface area contributed by atoms with Crippen molar-refractivity contribution in [3.63, 3.8) is 0 Å². The maximum atomic E-state index is 12.2. The van der Waals surface area contributed by atoms with Crippen molar-refractivity contribution in [2.45, 2.75) is 0 Å². The molecule has 1 aromatic rings. The first kappa shape index (κ1) is 9.72. The van der Waals surface area contributed by atoms with Gasteiger partial charge in [-0.25, -0.2) is 4.79 Å². The number of hydrogen-bond acceptors (Lipinski definition) is 3. The van der Waals surface area contributed by atoms with Crippen LogP contribution in [0, 0.1) is 0 Å². The number of hydrogen-bond donors (Lipinski definition) is 0. The first-order valence-electron chi connectivity index (χ1n) is 5.17. The third kappa shape index (κ3) is 1.48. The number of carbonyl (C=O) groups excluding carboxylic acids is 1. The monoisotopic (exact) mass is 233 g/mol. The summed E-state index contributed by atoms with van der Waals surface area (Å²) < 4.78 is 0. The molecule has 1 fully saturated rings. The summed E-state index contributed by atoms with van der Waals surface area (Å²) in [5.41, 5.74) is 0.950. The molecule has 0 radical (unpaired) electrons. The van der Waals surface area contributed by atoms with E-state index >= 15 is 0 Å². The Morgan fingerprint density at radius 3 is 2.81 bits per heavy atom. The minimum absolute atomic E-state index is 0.0428. The Labute approximate surface area is 97.9 Å². The first-order valence-corrected chi connectivity index (χ1v) is 6.16. The zero-order valence-corrected chi connectivity index (χ0v) is 9.48. The Morgan fingerprint density at radius 2 is 2.00 bits per heavy atom. The molecule has 0 spiro atoms. The number of anilines is 1. The third-order valence-electron chi connectivity index (χ3n) is 2.65. The predicted molar refractivity (Wildman–Crippen MR) is 65.8 cm³/mol. The van der Waals surface area contributed by atoms with Crippen LogP contribution in [0.3, 0.4) is 0 Å². The molecular weight excluding hydrogens is 222 g/mol. The predicted octanol–water partition coefficient (Wildman–Crippen LogP) is 1.99. The molecule has 82 valence electrons. The second kappa shape index (κ2) is 3.83. The van der Waals surface area contributed by atoms with Crippen LogP contribution >= 0.6 is 11.8 Å². The van der Waals surface area contributed by atoms with E-state index in [1.165, 1.54) is 0 Å². The molecule has 1 aromatic carbocycles. The number of benzene rings is 1. The van der Waals surface area contributed by atoms with E-state index in [4.69, 9.17) is 0 Å². The molecule has 16 heavy (non-hydrogen) atoms. The van der Waals surface area contributed by atoms with Crippen LogP contribution in [0.5, 0.6) is 0 Å². The van der Waals surface area contributed by atoms with E-state index in [9.17, 15) is 4.79 Å². The summed E-state index contributed by atoms with van der Waals surface area (Å²) in [5, 5.41) is 0.872. The first-order chi connectivity index (χ1) is 7.86. The van der Waals surface area contributed by atoms with Crippen molar-refractivity contribution in [2.75, 3.05) is 23.9 Å². The third-order valence-corrected chi connectivity index (χ3v) is 3.65. The molecule has 0 bridgehead atoms. The maximum Gasteiger partial charge on any atom is 0.331 e. The largest absolute Gasteiger partial charge is 0.331 e. The number of fused-ring (bicyclic) bond motifs is 1. The van der Waals surface area contributed by atoms with Gasteiger partial charge in [0.05, 0.1) is 12.4 Å². The van der Waals surface area contributed by atoms with Crippen LogP contribution in [0.25, 0.3) is 0 Å². The van der Waals surface area contributed by atoms with Crippen LogP contribution in [0.1, 0.15) is 0 Å². The van der Waals surface area contributed by atoms with Crippen LogP contribution in [-0.4, -0.2) is 35.1 Å². The number of amidine groups is 1. The highest BCUT2D eigenvalue weighted by Crippen LogP contribution is 2.27. The van der Waals surface area contributed by atoms with Gasteiger partial charge in [-0.3, -0.25) is 14.8 Å². The van der Waals surface area contributed by atoms with E-state index in [0.717, 1.165) is 17.4 Å². The number of urea groups is 1. The zero-order valence-electron chi connectivity index (χ0n) is 8.67. The second-order valence-electron chi connectivity index (χ2n) is 3.64. The molecule has 0 atom stereocenters. The van der Waals surface area contributed by atoms with Gasteiger partial charge in [0.2, 0.25) is 0 Å². The molecule has 2 aliphatic rings. The van der Waals surface area contributed by atoms with Crippen LogP contribution < -0.4 is 4.90 Å². The summed E-state index contributed by atoms with van der Waals surface area (Å²) in [5.74, 6) is 0.651. The van der Waals surface area contributed by atoms with Gasteiger partial charge >= 0.3 is 6.03 Å². The maximum absolute atomic E-state index is 12.2. The standard InChI is InChI=1S/C11H11N3OS/c15-11-13-7-6-12-10(13)16-8-14(11)9-4-2-1-3-5-9/h1-5H,6-8H2. The lowest BCUT2D eigenvalue weighted by Gasteiger charge is -2.32. The van der Waals surface area contributed by atoms with Crippen molar-refractivity contribution in [3.05, 3.63) is 30.3 Å². The second-order valence-corrected chi connectivity index (χ2v) is 4.55. The van der Waals surface area contributed by atoms with Crippen LogP contribution in [-0.2, 0) is 0 Å². The molecular formula is C11H11N3OS. The topological polar surface area (TPSA) is 35.9 Å². The lowest BCUT2D eigenvalue weighted by Crippen LogP contribution is -2.48. The Hall–Kier alpha value is -1.49. The number of nitrogens with zero attached hydrogens (tertiary/aromatic N) is 3. The molecule has 3 rings (SSSR count). The quantitative estimate of drug-likeness (QED) is 0.743. The average molecular weight is 233 g/mol. The Bertz CT molecular complexity index is 446. The Kier molecular flexibility index (Phi) is 2.32. The van der Waals surface area contributed by atoms with E-state index in [1.807, 2.05) is 30.3 Å². The van der Waals surface area contributed by atoms with Gasteiger partial charge in [0.1, 0.15) is 0 Å². The van der Waals surface area contributed by atoms with Gasteiger partial charge in [0.15, 0.2) is 5.17 Å². The number of para-hydroxylation sites is 1. The van der Waals surface area contributed by atoms with Gasteiger partial charge < -0.3 is 0 Å². The minimum atomic E-state index is 0.0428. The van der Waals surface area contributed by atoms with Gasteiger partial charge in [-0.1, -0.05) is 30.0 Å². The average Bonchev–Trinajstić information content (AvgIpc) is 2.80. The van der Waals surface area contributed by atoms with E-state index in [-0.39, 0.29) is 6.03 Å². The van der Waals surface area contributed by atoms with Crippen molar-refractivity contribution in [3.8, 4) is 0 Å². The molecule has 1 saturated heterocycles.